The van der Waals surface area contributed by atoms with Crippen LogP contribution in [0.3, 0.4) is 0 Å². The minimum Gasteiger partial charge on any atom is -0.255 e. The van der Waals surface area contributed by atoms with Crippen LogP contribution in [-0.4, -0.2) is 20.4 Å². The lowest BCUT2D eigenvalue weighted by Gasteiger charge is -1.98. The standard InChI is InChI=1S/C10H6N4/c1-2-4-9-8(3-1)10-7(5-11-9)6-12-14-13-10/h1-6H. The fourth-order valence-electron chi connectivity index (χ4n) is 1.51. The Kier molecular flexibility index (Phi) is 1.41. The topological polar surface area (TPSA) is 51.6 Å². The van der Waals surface area contributed by atoms with Crippen LogP contribution in [0, 0.1) is 0 Å². The quantitative estimate of drug-likeness (QED) is 0.495. The normalized spacial score (nSPS) is 10.9. The molecule has 0 saturated carbocycles. The summed E-state index contributed by atoms with van der Waals surface area (Å²) in [6.45, 7) is 0. The summed E-state index contributed by atoms with van der Waals surface area (Å²) in [5.41, 5.74) is 1.78. The molecule has 0 aliphatic rings. The van der Waals surface area contributed by atoms with Crippen LogP contribution in [0.2, 0.25) is 0 Å². The summed E-state index contributed by atoms with van der Waals surface area (Å²) in [5.74, 6) is 0. The van der Waals surface area contributed by atoms with E-state index >= 15 is 0 Å². The number of benzene rings is 1. The number of rotatable bonds is 0. The highest BCUT2D eigenvalue weighted by Gasteiger charge is 2.01. The number of pyridine rings is 1. The van der Waals surface area contributed by atoms with Crippen molar-refractivity contribution in [2.24, 2.45) is 0 Å². The van der Waals surface area contributed by atoms with E-state index in [4.69, 9.17) is 0 Å². The molecule has 66 valence electrons. The third-order valence-electron chi connectivity index (χ3n) is 2.17. The molecule has 3 aromatic rings. The van der Waals surface area contributed by atoms with Crippen LogP contribution in [-0.2, 0) is 0 Å². The summed E-state index contributed by atoms with van der Waals surface area (Å²) in [4.78, 5) is 4.30. The molecule has 0 aliphatic carbocycles. The van der Waals surface area contributed by atoms with Crippen molar-refractivity contribution >= 4 is 21.8 Å². The molecule has 1 aromatic carbocycles. The fraction of sp³-hybridized carbons (Fsp3) is 0. The molecule has 0 N–H and O–H groups in total. The van der Waals surface area contributed by atoms with Gasteiger partial charge in [0, 0.05) is 17.0 Å². The predicted octanol–water partition coefficient (Wildman–Crippen LogP) is 1.57. The van der Waals surface area contributed by atoms with E-state index in [0.717, 1.165) is 21.8 Å². The zero-order valence-corrected chi connectivity index (χ0v) is 7.25. The maximum Gasteiger partial charge on any atom is 0.107 e. The van der Waals surface area contributed by atoms with Crippen LogP contribution in [0.25, 0.3) is 21.8 Å². The van der Waals surface area contributed by atoms with Crippen molar-refractivity contribution in [3.05, 3.63) is 36.7 Å². The largest absolute Gasteiger partial charge is 0.255 e. The van der Waals surface area contributed by atoms with E-state index in [0.29, 0.717) is 0 Å². The molecule has 0 radical (unpaired) electrons. The van der Waals surface area contributed by atoms with E-state index < -0.39 is 0 Å². The van der Waals surface area contributed by atoms with E-state index in [2.05, 4.69) is 20.4 Å². The van der Waals surface area contributed by atoms with Crippen LogP contribution in [0.5, 0.6) is 0 Å². The summed E-state index contributed by atoms with van der Waals surface area (Å²) >= 11 is 0. The molecule has 3 rings (SSSR count). The zero-order chi connectivity index (χ0) is 9.38. The molecule has 4 heteroatoms. The van der Waals surface area contributed by atoms with Crippen molar-refractivity contribution in [3.8, 4) is 0 Å². The Morgan fingerprint density at radius 3 is 2.93 bits per heavy atom. The number of aromatic nitrogens is 4. The lowest BCUT2D eigenvalue weighted by Crippen LogP contribution is -1.89. The van der Waals surface area contributed by atoms with Gasteiger partial charge in [0.05, 0.1) is 11.7 Å². The zero-order valence-electron chi connectivity index (χ0n) is 7.25. The van der Waals surface area contributed by atoms with Crippen LogP contribution in [0.4, 0.5) is 0 Å². The van der Waals surface area contributed by atoms with Gasteiger partial charge < -0.3 is 0 Å². The lowest BCUT2D eigenvalue weighted by atomic mass is 10.2. The van der Waals surface area contributed by atoms with E-state index in [9.17, 15) is 0 Å². The van der Waals surface area contributed by atoms with Gasteiger partial charge in [-0.3, -0.25) is 4.98 Å². The van der Waals surface area contributed by atoms with Crippen LogP contribution in [0.15, 0.2) is 36.7 Å². The molecular weight excluding hydrogens is 176 g/mol. The van der Waals surface area contributed by atoms with Gasteiger partial charge in [-0.1, -0.05) is 18.2 Å². The Morgan fingerprint density at radius 1 is 1.00 bits per heavy atom. The van der Waals surface area contributed by atoms with E-state index in [1.165, 1.54) is 0 Å². The molecular formula is C10H6N4. The summed E-state index contributed by atoms with van der Waals surface area (Å²) in [5, 5.41) is 13.3. The first-order valence-electron chi connectivity index (χ1n) is 4.27. The lowest BCUT2D eigenvalue weighted by molar-refractivity contribution is 0.896. The molecule has 4 nitrogen and oxygen atoms in total. The molecule has 14 heavy (non-hydrogen) atoms. The smallest absolute Gasteiger partial charge is 0.107 e. The second kappa shape index (κ2) is 2.70. The van der Waals surface area contributed by atoms with Gasteiger partial charge in [-0.05, 0) is 11.3 Å². The molecule has 0 spiro atoms. The van der Waals surface area contributed by atoms with Gasteiger partial charge in [-0.2, -0.15) is 0 Å². The predicted molar refractivity (Wildman–Crippen MR) is 52.6 cm³/mol. The Hall–Kier alpha value is -2.10. The van der Waals surface area contributed by atoms with Gasteiger partial charge >= 0.3 is 0 Å². The minimum absolute atomic E-state index is 0.852. The van der Waals surface area contributed by atoms with Crippen molar-refractivity contribution in [1.82, 2.24) is 20.4 Å². The van der Waals surface area contributed by atoms with Gasteiger partial charge in [0.1, 0.15) is 5.52 Å². The molecule has 0 fully saturated rings. The first-order valence-corrected chi connectivity index (χ1v) is 4.27. The molecule has 0 unspecified atom stereocenters. The summed E-state index contributed by atoms with van der Waals surface area (Å²) < 4.78 is 0. The van der Waals surface area contributed by atoms with Crippen LogP contribution in [0.1, 0.15) is 0 Å². The molecule has 0 amide bonds. The van der Waals surface area contributed by atoms with Crippen LogP contribution >= 0.6 is 0 Å². The number of fused-ring (bicyclic) bond motifs is 3. The van der Waals surface area contributed by atoms with Crippen molar-refractivity contribution in [2.75, 3.05) is 0 Å². The third-order valence-corrected chi connectivity index (χ3v) is 2.17. The number of nitrogens with zero attached hydrogens (tertiary/aromatic N) is 4. The van der Waals surface area contributed by atoms with E-state index in [-0.39, 0.29) is 0 Å². The molecule has 0 atom stereocenters. The highest BCUT2D eigenvalue weighted by Crippen LogP contribution is 2.19. The van der Waals surface area contributed by atoms with Crippen LogP contribution < -0.4 is 0 Å². The maximum absolute atomic E-state index is 4.30. The van der Waals surface area contributed by atoms with Gasteiger partial charge in [0.2, 0.25) is 0 Å². The molecule has 0 aliphatic heterocycles. The molecule has 2 heterocycles. The second-order valence-corrected chi connectivity index (χ2v) is 3.01. The summed E-state index contributed by atoms with van der Waals surface area (Å²) in [6.07, 6.45) is 3.43. The van der Waals surface area contributed by atoms with E-state index in [1.54, 1.807) is 12.4 Å². The molecule has 0 bridgehead atoms. The van der Waals surface area contributed by atoms with Crippen molar-refractivity contribution in [1.29, 1.82) is 0 Å². The van der Waals surface area contributed by atoms with Gasteiger partial charge in [-0.25, -0.2) is 0 Å². The summed E-state index contributed by atoms with van der Waals surface area (Å²) in [6, 6.07) is 7.86. The summed E-state index contributed by atoms with van der Waals surface area (Å²) in [7, 11) is 0. The Morgan fingerprint density at radius 2 is 1.93 bits per heavy atom. The average Bonchev–Trinajstić information content (AvgIpc) is 2.29. The first kappa shape index (κ1) is 7.32. The fourth-order valence-corrected chi connectivity index (χ4v) is 1.51. The van der Waals surface area contributed by atoms with Gasteiger partial charge in [0.25, 0.3) is 0 Å². The van der Waals surface area contributed by atoms with Crippen molar-refractivity contribution in [3.63, 3.8) is 0 Å². The maximum atomic E-state index is 4.30. The molecule has 0 saturated heterocycles. The second-order valence-electron chi connectivity index (χ2n) is 3.01. The average molecular weight is 182 g/mol. The number of para-hydroxylation sites is 1. The van der Waals surface area contributed by atoms with E-state index in [1.807, 2.05) is 24.3 Å². The minimum atomic E-state index is 0.852. The Bertz CT molecular complexity index is 551. The highest BCUT2D eigenvalue weighted by molar-refractivity contribution is 6.01. The van der Waals surface area contributed by atoms with Crippen molar-refractivity contribution in [2.45, 2.75) is 0 Å². The Labute approximate surface area is 79.6 Å². The highest BCUT2D eigenvalue weighted by atomic mass is 15.3. The van der Waals surface area contributed by atoms with Gasteiger partial charge in [-0.15, -0.1) is 10.2 Å². The SMILES string of the molecule is c1ccc2c(c1)ncc1cnnnc12. The Balaban J connectivity index is 2.61. The molecule has 2 aromatic heterocycles. The number of hydrogen-bond acceptors (Lipinski definition) is 4. The third kappa shape index (κ3) is 0.939. The van der Waals surface area contributed by atoms with Crippen molar-refractivity contribution < 1.29 is 0 Å². The number of hydrogen-bond donors (Lipinski definition) is 0. The monoisotopic (exact) mass is 182 g/mol. The first-order chi connectivity index (χ1) is 6.95. The van der Waals surface area contributed by atoms with Gasteiger partial charge in [0.15, 0.2) is 0 Å².